The highest BCUT2D eigenvalue weighted by atomic mass is 16.3. The summed E-state index contributed by atoms with van der Waals surface area (Å²) in [7, 11) is 2.08. The Hall–Kier alpha value is -1.80. The number of fused-ring (bicyclic) bond motifs is 3. The molecule has 17 heavy (non-hydrogen) atoms. The second-order valence-electron chi connectivity index (χ2n) is 4.53. The van der Waals surface area contributed by atoms with Crippen LogP contribution in [0.1, 0.15) is 18.6 Å². The number of aromatic nitrogens is 1. The summed E-state index contributed by atoms with van der Waals surface area (Å²) >= 11 is 0. The summed E-state index contributed by atoms with van der Waals surface area (Å²) in [6, 6.07) is 14.5. The fourth-order valence-electron chi connectivity index (χ4n) is 2.45. The second-order valence-corrected chi connectivity index (χ2v) is 4.53. The normalized spacial score (nSPS) is 13.4. The molecule has 2 heteroatoms. The average molecular weight is 225 g/mol. The third kappa shape index (κ3) is 1.45. The number of para-hydroxylation sites is 1. The number of hydrogen-bond acceptors (Lipinski definition) is 1. The van der Waals surface area contributed by atoms with Crippen LogP contribution in [0.3, 0.4) is 0 Å². The Morgan fingerprint density at radius 3 is 2.47 bits per heavy atom. The minimum absolute atomic E-state index is 0.418. The first kappa shape index (κ1) is 10.4. The molecule has 0 fully saturated rings. The fourth-order valence-corrected chi connectivity index (χ4v) is 2.45. The van der Waals surface area contributed by atoms with Crippen LogP contribution in [0.25, 0.3) is 21.8 Å². The fraction of sp³-hybridized carbons (Fsp3) is 0.200. The van der Waals surface area contributed by atoms with Crippen molar-refractivity contribution < 1.29 is 5.11 Å². The van der Waals surface area contributed by atoms with Gasteiger partial charge >= 0.3 is 0 Å². The third-order valence-corrected chi connectivity index (χ3v) is 3.42. The first-order chi connectivity index (χ1) is 8.18. The summed E-state index contributed by atoms with van der Waals surface area (Å²) in [5.41, 5.74) is 3.40. The molecule has 0 amide bonds. The van der Waals surface area contributed by atoms with Gasteiger partial charge in [-0.25, -0.2) is 0 Å². The molecular formula is C15H15NO. The summed E-state index contributed by atoms with van der Waals surface area (Å²) in [6.45, 7) is 1.80. The Morgan fingerprint density at radius 2 is 1.71 bits per heavy atom. The van der Waals surface area contributed by atoms with Gasteiger partial charge in [0.05, 0.1) is 6.10 Å². The summed E-state index contributed by atoms with van der Waals surface area (Å²) < 4.78 is 2.19. The molecule has 1 atom stereocenters. The minimum atomic E-state index is -0.418. The monoisotopic (exact) mass is 225 g/mol. The van der Waals surface area contributed by atoms with E-state index in [1.54, 1.807) is 6.92 Å². The minimum Gasteiger partial charge on any atom is -0.389 e. The van der Waals surface area contributed by atoms with Crippen molar-refractivity contribution in [3.05, 3.63) is 48.0 Å². The molecule has 3 aromatic rings. The van der Waals surface area contributed by atoms with Crippen LogP contribution < -0.4 is 0 Å². The zero-order chi connectivity index (χ0) is 12.0. The highest BCUT2D eigenvalue weighted by molar-refractivity contribution is 6.08. The standard InChI is InChI=1S/C15H15NO/c1-10(17)11-7-8-15-13(9-11)12-5-3-4-6-14(12)16(15)2/h3-10,17H,1-2H3. The third-order valence-electron chi connectivity index (χ3n) is 3.42. The van der Waals surface area contributed by atoms with Crippen molar-refractivity contribution in [1.82, 2.24) is 4.57 Å². The van der Waals surface area contributed by atoms with E-state index in [1.165, 1.54) is 21.8 Å². The van der Waals surface area contributed by atoms with Crippen molar-refractivity contribution in [2.75, 3.05) is 0 Å². The molecule has 2 nitrogen and oxygen atoms in total. The van der Waals surface area contributed by atoms with Crippen LogP contribution >= 0.6 is 0 Å². The van der Waals surface area contributed by atoms with Crippen molar-refractivity contribution in [2.24, 2.45) is 7.05 Å². The number of aliphatic hydroxyl groups is 1. The molecule has 3 rings (SSSR count). The van der Waals surface area contributed by atoms with Gasteiger partial charge in [-0.15, -0.1) is 0 Å². The van der Waals surface area contributed by atoms with E-state index in [1.807, 2.05) is 6.07 Å². The van der Waals surface area contributed by atoms with Gasteiger partial charge in [0.1, 0.15) is 0 Å². The van der Waals surface area contributed by atoms with E-state index in [0.717, 1.165) is 5.56 Å². The summed E-state index contributed by atoms with van der Waals surface area (Å²) in [5, 5.41) is 12.1. The summed E-state index contributed by atoms with van der Waals surface area (Å²) in [4.78, 5) is 0. The number of aryl methyl sites for hydroxylation is 1. The number of hydrogen-bond donors (Lipinski definition) is 1. The van der Waals surface area contributed by atoms with E-state index in [0.29, 0.717) is 0 Å². The SMILES string of the molecule is CC(O)c1ccc2c(c1)c1ccccc1n2C. The maximum absolute atomic E-state index is 9.66. The molecule has 1 N–H and O–H groups in total. The van der Waals surface area contributed by atoms with Gasteiger partial charge < -0.3 is 9.67 Å². The summed E-state index contributed by atoms with van der Waals surface area (Å²) in [6.07, 6.45) is -0.418. The van der Waals surface area contributed by atoms with E-state index in [2.05, 4.69) is 48.0 Å². The number of nitrogens with zero attached hydrogens (tertiary/aromatic N) is 1. The molecule has 1 aromatic heterocycles. The lowest BCUT2D eigenvalue weighted by Crippen LogP contribution is -1.91. The Balaban J connectivity index is 2.46. The predicted octanol–water partition coefficient (Wildman–Crippen LogP) is 3.38. The molecule has 0 aliphatic heterocycles. The molecule has 0 aliphatic rings. The lowest BCUT2D eigenvalue weighted by atomic mass is 10.1. The van der Waals surface area contributed by atoms with Gasteiger partial charge in [-0.2, -0.15) is 0 Å². The molecule has 0 spiro atoms. The molecule has 0 saturated carbocycles. The lowest BCUT2D eigenvalue weighted by Gasteiger charge is -2.04. The van der Waals surface area contributed by atoms with Crippen LogP contribution in [0, 0.1) is 0 Å². The molecule has 0 aliphatic carbocycles. The van der Waals surface area contributed by atoms with E-state index in [4.69, 9.17) is 0 Å². The van der Waals surface area contributed by atoms with Gasteiger partial charge in [-0.1, -0.05) is 24.3 Å². The maximum Gasteiger partial charge on any atom is 0.0762 e. The smallest absolute Gasteiger partial charge is 0.0762 e. The Labute approximate surface area is 100 Å². The molecule has 0 radical (unpaired) electrons. The predicted molar refractivity (Wildman–Crippen MR) is 71.1 cm³/mol. The number of aliphatic hydroxyl groups excluding tert-OH is 1. The Bertz CT molecular complexity index is 695. The first-order valence-corrected chi connectivity index (χ1v) is 5.83. The van der Waals surface area contributed by atoms with Gasteiger partial charge in [-0.05, 0) is 30.7 Å². The van der Waals surface area contributed by atoms with Crippen LogP contribution in [-0.4, -0.2) is 9.67 Å². The Morgan fingerprint density at radius 1 is 1.00 bits per heavy atom. The lowest BCUT2D eigenvalue weighted by molar-refractivity contribution is 0.199. The second kappa shape index (κ2) is 3.60. The van der Waals surface area contributed by atoms with Crippen molar-refractivity contribution in [2.45, 2.75) is 13.0 Å². The van der Waals surface area contributed by atoms with E-state index >= 15 is 0 Å². The molecule has 1 heterocycles. The summed E-state index contributed by atoms with van der Waals surface area (Å²) in [5.74, 6) is 0. The largest absolute Gasteiger partial charge is 0.389 e. The number of benzene rings is 2. The van der Waals surface area contributed by atoms with Crippen LogP contribution in [0.2, 0.25) is 0 Å². The van der Waals surface area contributed by atoms with Crippen LogP contribution in [0.15, 0.2) is 42.5 Å². The average Bonchev–Trinajstić information content (AvgIpc) is 2.64. The van der Waals surface area contributed by atoms with E-state index in [-0.39, 0.29) is 0 Å². The van der Waals surface area contributed by atoms with Gasteiger partial charge in [0.2, 0.25) is 0 Å². The highest BCUT2D eigenvalue weighted by Gasteiger charge is 2.09. The van der Waals surface area contributed by atoms with Crippen molar-refractivity contribution in [3.63, 3.8) is 0 Å². The quantitative estimate of drug-likeness (QED) is 0.674. The van der Waals surface area contributed by atoms with Crippen LogP contribution in [0.4, 0.5) is 0 Å². The van der Waals surface area contributed by atoms with Gasteiger partial charge in [0.15, 0.2) is 0 Å². The molecule has 1 unspecified atom stereocenters. The zero-order valence-electron chi connectivity index (χ0n) is 10.0. The topological polar surface area (TPSA) is 25.2 Å². The highest BCUT2D eigenvalue weighted by Crippen LogP contribution is 2.29. The molecule has 0 bridgehead atoms. The molecule has 86 valence electrons. The van der Waals surface area contributed by atoms with Gasteiger partial charge in [0, 0.05) is 28.9 Å². The number of rotatable bonds is 1. The zero-order valence-corrected chi connectivity index (χ0v) is 10.0. The Kier molecular flexibility index (Phi) is 2.20. The molecule has 2 aromatic carbocycles. The first-order valence-electron chi connectivity index (χ1n) is 5.83. The van der Waals surface area contributed by atoms with Gasteiger partial charge in [-0.3, -0.25) is 0 Å². The maximum atomic E-state index is 9.66. The van der Waals surface area contributed by atoms with E-state index < -0.39 is 6.10 Å². The van der Waals surface area contributed by atoms with Crippen LogP contribution in [0.5, 0.6) is 0 Å². The van der Waals surface area contributed by atoms with Crippen molar-refractivity contribution in [1.29, 1.82) is 0 Å². The van der Waals surface area contributed by atoms with Crippen molar-refractivity contribution in [3.8, 4) is 0 Å². The molecule has 0 saturated heterocycles. The van der Waals surface area contributed by atoms with Gasteiger partial charge in [0.25, 0.3) is 0 Å². The van der Waals surface area contributed by atoms with E-state index in [9.17, 15) is 5.11 Å². The van der Waals surface area contributed by atoms with Crippen LogP contribution in [-0.2, 0) is 7.05 Å². The molecular weight excluding hydrogens is 210 g/mol. The van der Waals surface area contributed by atoms with Crippen molar-refractivity contribution >= 4 is 21.8 Å².